The van der Waals surface area contributed by atoms with E-state index >= 15 is 0 Å². The first-order valence-corrected chi connectivity index (χ1v) is 18.0. The van der Waals surface area contributed by atoms with Gasteiger partial charge in [-0.25, -0.2) is 21.6 Å². The third-order valence-corrected chi connectivity index (χ3v) is 12.3. The van der Waals surface area contributed by atoms with Crippen molar-refractivity contribution in [2.75, 3.05) is 13.1 Å². The molecule has 0 aliphatic carbocycles. The maximum absolute atomic E-state index is 13.3. The molecule has 4 atom stereocenters. The van der Waals surface area contributed by atoms with Gasteiger partial charge in [0.1, 0.15) is 11.4 Å². The second kappa shape index (κ2) is 11.6. The number of amides is 1. The Labute approximate surface area is 259 Å². The zero-order valence-corrected chi connectivity index (χ0v) is 26.7. The van der Waals surface area contributed by atoms with Gasteiger partial charge < -0.3 is 9.47 Å². The molecule has 3 aromatic carbocycles. The van der Waals surface area contributed by atoms with Gasteiger partial charge in [0.05, 0.1) is 22.0 Å². The van der Waals surface area contributed by atoms with Crippen LogP contribution in [0.2, 0.25) is 0 Å². The van der Waals surface area contributed by atoms with E-state index in [1.165, 1.54) is 34.6 Å². The van der Waals surface area contributed by atoms with E-state index in [0.717, 1.165) is 31.2 Å². The maximum atomic E-state index is 13.3. The Hall–Kier alpha value is -3.25. The average molecular weight is 639 g/mol. The fourth-order valence-electron chi connectivity index (χ4n) is 6.65. The summed E-state index contributed by atoms with van der Waals surface area (Å²) in [7, 11) is -8.03. The largest absolute Gasteiger partial charge is 0.487 e. The molecule has 11 heteroatoms. The summed E-state index contributed by atoms with van der Waals surface area (Å²) in [6, 6.07) is 19.9. The molecule has 0 aromatic heterocycles. The minimum Gasteiger partial charge on any atom is -0.487 e. The summed E-state index contributed by atoms with van der Waals surface area (Å²) in [5, 5.41) is 0. The molecule has 0 saturated carbocycles. The molecule has 0 radical (unpaired) electrons. The lowest BCUT2D eigenvalue weighted by Gasteiger charge is -2.48. The lowest BCUT2D eigenvalue weighted by Crippen LogP contribution is -2.47. The molecular weight excluding hydrogens is 601 g/mol. The van der Waals surface area contributed by atoms with Crippen molar-refractivity contribution < 1.29 is 31.1 Å². The van der Waals surface area contributed by atoms with Gasteiger partial charge >= 0.3 is 0 Å². The first kappa shape index (κ1) is 30.8. The van der Waals surface area contributed by atoms with Crippen molar-refractivity contribution in [1.82, 2.24) is 9.03 Å². The zero-order valence-electron chi connectivity index (χ0n) is 25.1. The van der Waals surface area contributed by atoms with Gasteiger partial charge in [-0.2, -0.15) is 4.31 Å². The third kappa shape index (κ3) is 5.90. The van der Waals surface area contributed by atoms with Gasteiger partial charge in [-0.1, -0.05) is 37.3 Å². The van der Waals surface area contributed by atoms with Crippen LogP contribution in [0.25, 0.3) is 0 Å². The van der Waals surface area contributed by atoms with Crippen LogP contribution in [0.3, 0.4) is 0 Å². The number of rotatable bonds is 6. The quantitative estimate of drug-likeness (QED) is 0.373. The molecule has 0 unspecified atom stereocenters. The van der Waals surface area contributed by atoms with Crippen LogP contribution in [0.15, 0.2) is 82.6 Å². The lowest BCUT2D eigenvalue weighted by atomic mass is 9.74. The number of ether oxygens (including phenoxy) is 2. The van der Waals surface area contributed by atoms with Crippen LogP contribution >= 0.6 is 0 Å². The molecule has 6 rings (SSSR count). The number of hydrogen-bond donors (Lipinski definition) is 1. The van der Waals surface area contributed by atoms with Crippen molar-refractivity contribution in [3.63, 3.8) is 0 Å². The number of nitrogens with one attached hydrogen (secondary N) is 1. The maximum Gasteiger partial charge on any atom is 0.265 e. The van der Waals surface area contributed by atoms with Crippen molar-refractivity contribution in [2.45, 2.75) is 74.1 Å². The molecule has 234 valence electrons. The zero-order chi connectivity index (χ0) is 31.3. The topological polar surface area (TPSA) is 119 Å². The minimum atomic E-state index is -4.28. The van der Waals surface area contributed by atoms with Crippen LogP contribution in [-0.2, 0) is 24.8 Å². The van der Waals surface area contributed by atoms with Gasteiger partial charge in [0.15, 0.2) is 0 Å². The highest BCUT2D eigenvalue weighted by Crippen LogP contribution is 2.53. The van der Waals surface area contributed by atoms with Crippen LogP contribution in [0, 0.1) is 11.8 Å². The van der Waals surface area contributed by atoms with Crippen LogP contribution in [0.4, 0.5) is 0 Å². The number of carbonyl (C=O) groups excluding carboxylic acids is 1. The van der Waals surface area contributed by atoms with E-state index in [9.17, 15) is 21.6 Å². The molecule has 9 nitrogen and oxygen atoms in total. The smallest absolute Gasteiger partial charge is 0.265 e. The number of nitrogens with zero attached hydrogens (tertiary/aromatic N) is 1. The molecule has 3 aromatic rings. The van der Waals surface area contributed by atoms with Crippen LogP contribution in [-0.4, -0.2) is 45.7 Å². The number of benzene rings is 3. The highest BCUT2D eigenvalue weighted by Gasteiger charge is 2.48. The Balaban J connectivity index is 1.21. The van der Waals surface area contributed by atoms with Crippen molar-refractivity contribution in [3.05, 3.63) is 89.5 Å². The summed E-state index contributed by atoms with van der Waals surface area (Å²) in [5.41, 5.74) is 1.46. The van der Waals surface area contributed by atoms with Gasteiger partial charge in [0.25, 0.3) is 15.9 Å². The van der Waals surface area contributed by atoms with Gasteiger partial charge in [0.2, 0.25) is 10.0 Å². The summed E-state index contributed by atoms with van der Waals surface area (Å²) in [6.07, 6.45) is 3.01. The number of carbonyl (C=O) groups is 1. The molecule has 2 saturated heterocycles. The fraction of sp³-hybridized carbons (Fsp3) is 0.424. The molecule has 3 heterocycles. The molecule has 3 aliphatic heterocycles. The summed E-state index contributed by atoms with van der Waals surface area (Å²) >= 11 is 0. The minimum absolute atomic E-state index is 0.0188. The molecule has 3 aliphatic rings. The molecule has 2 fully saturated rings. The summed E-state index contributed by atoms with van der Waals surface area (Å²) in [5.74, 6) is 0.101. The SMILES string of the molecule is C[C@H]1CCCN(S(=O)(=O)c2ccc(S(=O)(=O)NC(=O)c3ccc4c(c3)[C@@H]3O[C@H](c5ccccc5)CC[C@H]3C(C)(C)O4)cc2)C1. The second-order valence-electron chi connectivity index (χ2n) is 12.6. The van der Waals surface area contributed by atoms with Crippen LogP contribution in [0.5, 0.6) is 5.75 Å². The summed E-state index contributed by atoms with van der Waals surface area (Å²) in [4.78, 5) is 13.1. The van der Waals surface area contributed by atoms with Crippen LogP contribution in [0.1, 0.15) is 80.1 Å². The number of hydrogen-bond acceptors (Lipinski definition) is 7. The van der Waals surface area contributed by atoms with Gasteiger partial charge in [0, 0.05) is 30.1 Å². The highest BCUT2D eigenvalue weighted by atomic mass is 32.2. The Kier molecular flexibility index (Phi) is 8.11. The van der Waals surface area contributed by atoms with E-state index in [-0.39, 0.29) is 39.4 Å². The predicted octanol–water partition coefficient (Wildman–Crippen LogP) is 5.61. The molecule has 1 amide bonds. The van der Waals surface area contributed by atoms with Gasteiger partial charge in [-0.05, 0) is 93.5 Å². The normalized spacial score (nSPS) is 25.2. The first-order chi connectivity index (χ1) is 20.8. The summed E-state index contributed by atoms with van der Waals surface area (Å²) in [6.45, 7) is 6.96. The molecule has 0 spiro atoms. The van der Waals surface area contributed by atoms with Crippen molar-refractivity contribution in [3.8, 4) is 5.75 Å². The van der Waals surface area contributed by atoms with E-state index in [1.54, 1.807) is 12.1 Å². The summed E-state index contributed by atoms with van der Waals surface area (Å²) < 4.78 is 69.1. The predicted molar refractivity (Wildman–Crippen MR) is 165 cm³/mol. The van der Waals surface area contributed by atoms with Crippen molar-refractivity contribution in [1.29, 1.82) is 0 Å². The Morgan fingerprint density at radius 1 is 0.909 bits per heavy atom. The first-order valence-electron chi connectivity index (χ1n) is 15.1. The highest BCUT2D eigenvalue weighted by molar-refractivity contribution is 7.90. The monoisotopic (exact) mass is 638 g/mol. The van der Waals surface area contributed by atoms with E-state index < -0.39 is 31.6 Å². The standard InChI is InChI=1S/C33H38N2O7S2/c1-22-8-7-19-35(21-22)44(39,40)26-14-12-25(13-15-26)43(37,38)34-32(36)24-11-17-30-27(20-24)31-28(33(2,3)42-30)16-18-29(41-31)23-9-5-4-6-10-23/h4-6,9-15,17,20,22,28-29,31H,7-8,16,18-19,21H2,1-3H3,(H,34,36)/t22-,28+,29-,31-/m0/s1. The van der Waals surface area contributed by atoms with E-state index in [2.05, 4.69) is 4.72 Å². The Bertz CT molecular complexity index is 1760. The van der Waals surface area contributed by atoms with E-state index in [1.807, 2.05) is 51.1 Å². The van der Waals surface area contributed by atoms with E-state index in [0.29, 0.717) is 24.4 Å². The lowest BCUT2D eigenvalue weighted by molar-refractivity contribution is -0.151. The average Bonchev–Trinajstić information content (AvgIpc) is 3.01. The van der Waals surface area contributed by atoms with Gasteiger partial charge in [-0.15, -0.1) is 0 Å². The number of piperidine rings is 1. The second-order valence-corrected chi connectivity index (χ2v) is 16.2. The van der Waals surface area contributed by atoms with E-state index in [4.69, 9.17) is 9.47 Å². The number of sulfonamides is 2. The van der Waals surface area contributed by atoms with Crippen molar-refractivity contribution >= 4 is 26.0 Å². The third-order valence-electron chi connectivity index (χ3n) is 9.05. The molecular formula is C33H38N2O7S2. The number of fused-ring (bicyclic) bond motifs is 3. The Morgan fingerprint density at radius 2 is 1.61 bits per heavy atom. The fourth-order valence-corrected chi connectivity index (χ4v) is 9.22. The van der Waals surface area contributed by atoms with Crippen molar-refractivity contribution in [2.24, 2.45) is 11.8 Å². The molecule has 0 bridgehead atoms. The Morgan fingerprint density at radius 3 is 2.32 bits per heavy atom. The van der Waals surface area contributed by atoms with Crippen LogP contribution < -0.4 is 9.46 Å². The molecule has 44 heavy (non-hydrogen) atoms. The molecule has 1 N–H and O–H groups in total. The van der Waals surface area contributed by atoms with Gasteiger partial charge in [-0.3, -0.25) is 4.79 Å².